The summed E-state index contributed by atoms with van der Waals surface area (Å²) in [4.78, 5) is 11.7. The summed E-state index contributed by atoms with van der Waals surface area (Å²) < 4.78 is 12.1. The molecular weight excluding hydrogens is 324 g/mol. The van der Waals surface area contributed by atoms with E-state index in [2.05, 4.69) is 15.9 Å². The zero-order valence-electron chi connectivity index (χ0n) is 11.5. The Kier molecular flexibility index (Phi) is 3.20. The number of rotatable bonds is 3. The summed E-state index contributed by atoms with van der Waals surface area (Å²) in [5, 5.41) is 9.63. The number of carboxylic acids is 1. The van der Waals surface area contributed by atoms with Crippen LogP contribution in [0.25, 0.3) is 0 Å². The minimum Gasteiger partial charge on any atom is -0.493 e. The van der Waals surface area contributed by atoms with Crippen molar-refractivity contribution >= 4 is 21.9 Å². The number of ether oxygens (including phenoxy) is 2. The van der Waals surface area contributed by atoms with Crippen molar-refractivity contribution in [2.75, 3.05) is 7.11 Å². The summed E-state index contributed by atoms with van der Waals surface area (Å²) in [5.41, 5.74) is 1.08. The van der Waals surface area contributed by atoms with E-state index >= 15 is 0 Å². The second-order valence-corrected chi connectivity index (χ2v) is 6.41. The molecule has 0 amide bonds. The van der Waals surface area contributed by atoms with Crippen molar-refractivity contribution in [3.05, 3.63) is 21.7 Å². The van der Waals surface area contributed by atoms with E-state index in [1.165, 1.54) is 0 Å². The fourth-order valence-corrected chi connectivity index (χ4v) is 3.98. The van der Waals surface area contributed by atoms with Crippen molar-refractivity contribution in [3.8, 4) is 11.5 Å². The zero-order valence-corrected chi connectivity index (χ0v) is 13.1. The molecular formula is C15H17BrO4. The van der Waals surface area contributed by atoms with Crippen molar-refractivity contribution in [3.63, 3.8) is 0 Å². The largest absolute Gasteiger partial charge is 0.493 e. The number of fused-ring (bicyclic) bond motifs is 1. The highest BCUT2D eigenvalue weighted by molar-refractivity contribution is 9.10. The molecule has 0 radical (unpaired) electrons. The van der Waals surface area contributed by atoms with Gasteiger partial charge < -0.3 is 14.6 Å². The fourth-order valence-electron chi connectivity index (χ4n) is 3.14. The summed E-state index contributed by atoms with van der Waals surface area (Å²) in [6.45, 7) is 2.00. The summed E-state index contributed by atoms with van der Waals surface area (Å²) in [6, 6.07) is 1.83. The molecule has 4 nitrogen and oxygen atoms in total. The maximum Gasteiger partial charge on any atom is 0.314 e. The van der Waals surface area contributed by atoms with Crippen LogP contribution in [0.3, 0.4) is 0 Å². The fraction of sp³-hybridized carbons (Fsp3) is 0.533. The van der Waals surface area contributed by atoms with Gasteiger partial charge in [0.15, 0.2) is 11.5 Å². The molecule has 1 aromatic rings. The monoisotopic (exact) mass is 340 g/mol. The quantitative estimate of drug-likeness (QED) is 0.917. The van der Waals surface area contributed by atoms with Crippen molar-refractivity contribution in [2.45, 2.75) is 44.1 Å². The lowest BCUT2D eigenvalue weighted by molar-refractivity contribution is -0.147. The van der Waals surface area contributed by atoms with Crippen LogP contribution in [0.4, 0.5) is 0 Å². The molecule has 1 aliphatic carbocycles. The number of aliphatic carboxylic acids is 1. The number of carboxylic acid groups (broad SMARTS) is 1. The van der Waals surface area contributed by atoms with E-state index in [-0.39, 0.29) is 6.10 Å². The van der Waals surface area contributed by atoms with Gasteiger partial charge in [-0.15, -0.1) is 0 Å². The average molecular weight is 341 g/mol. The van der Waals surface area contributed by atoms with Crippen LogP contribution < -0.4 is 9.47 Å². The van der Waals surface area contributed by atoms with Crippen LogP contribution in [0, 0.1) is 0 Å². The van der Waals surface area contributed by atoms with Crippen molar-refractivity contribution in [1.29, 1.82) is 0 Å². The van der Waals surface area contributed by atoms with E-state index in [0.29, 0.717) is 18.6 Å². The lowest BCUT2D eigenvalue weighted by Gasteiger charge is -2.39. The molecule has 3 rings (SSSR count). The van der Waals surface area contributed by atoms with Crippen molar-refractivity contribution in [2.24, 2.45) is 0 Å². The molecule has 0 aromatic heterocycles. The standard InChI is InChI=1S/C15H17BrO4/c1-8-6-9-12(16)10(7-11(19-2)13(9)20-8)15(14(17)18)4-3-5-15/h7-8H,3-6H2,1-2H3,(H,17,18). The van der Waals surface area contributed by atoms with E-state index in [1.54, 1.807) is 7.11 Å². The second kappa shape index (κ2) is 4.65. The van der Waals surface area contributed by atoms with Crippen molar-refractivity contribution < 1.29 is 19.4 Å². The molecule has 1 N–H and O–H groups in total. The Morgan fingerprint density at radius 1 is 1.55 bits per heavy atom. The SMILES string of the molecule is COc1cc(C2(C(=O)O)CCC2)c(Br)c2c1OC(C)C2. The molecule has 0 bridgehead atoms. The van der Waals surface area contributed by atoms with E-state index in [0.717, 1.165) is 34.2 Å². The number of carbonyl (C=O) groups is 1. The minimum absolute atomic E-state index is 0.0904. The average Bonchev–Trinajstić information content (AvgIpc) is 2.72. The first-order valence-corrected chi connectivity index (χ1v) is 7.59. The molecule has 1 saturated carbocycles. The topological polar surface area (TPSA) is 55.8 Å². The smallest absolute Gasteiger partial charge is 0.314 e. The van der Waals surface area contributed by atoms with Gasteiger partial charge in [-0.1, -0.05) is 22.4 Å². The molecule has 0 spiro atoms. The third-order valence-corrected chi connectivity index (χ3v) is 5.34. The van der Waals surface area contributed by atoms with Gasteiger partial charge in [0, 0.05) is 16.5 Å². The number of benzene rings is 1. The Balaban J connectivity index is 2.18. The lowest BCUT2D eigenvalue weighted by Crippen LogP contribution is -2.42. The van der Waals surface area contributed by atoms with Gasteiger partial charge in [-0.2, -0.15) is 0 Å². The van der Waals surface area contributed by atoms with Crippen LogP contribution in [-0.4, -0.2) is 24.3 Å². The molecule has 2 aliphatic rings. The number of halogens is 1. The predicted octanol–water partition coefficient (Wildman–Crippen LogP) is 3.29. The predicted molar refractivity (Wildman–Crippen MR) is 77.7 cm³/mol. The normalized spacial score (nSPS) is 22.6. The third kappa shape index (κ3) is 1.75. The van der Waals surface area contributed by atoms with Crippen LogP contribution in [0.2, 0.25) is 0 Å². The Bertz CT molecular complexity index is 578. The van der Waals surface area contributed by atoms with Gasteiger partial charge in [0.1, 0.15) is 6.10 Å². The van der Waals surface area contributed by atoms with Crippen LogP contribution in [-0.2, 0) is 16.6 Å². The highest BCUT2D eigenvalue weighted by atomic mass is 79.9. The van der Waals surface area contributed by atoms with Crippen LogP contribution >= 0.6 is 15.9 Å². The van der Waals surface area contributed by atoms with Gasteiger partial charge >= 0.3 is 5.97 Å². The Hall–Kier alpha value is -1.23. The third-order valence-electron chi connectivity index (χ3n) is 4.44. The van der Waals surface area contributed by atoms with Gasteiger partial charge in [0.05, 0.1) is 12.5 Å². The highest BCUT2D eigenvalue weighted by Crippen LogP contribution is 2.52. The van der Waals surface area contributed by atoms with E-state index < -0.39 is 11.4 Å². The number of methoxy groups -OCH3 is 1. The van der Waals surface area contributed by atoms with Gasteiger partial charge in [-0.25, -0.2) is 0 Å². The van der Waals surface area contributed by atoms with E-state index in [9.17, 15) is 9.90 Å². The molecule has 1 unspecified atom stereocenters. The Morgan fingerprint density at radius 2 is 2.25 bits per heavy atom. The molecule has 1 aliphatic heterocycles. The first-order valence-electron chi connectivity index (χ1n) is 6.79. The first-order chi connectivity index (χ1) is 9.49. The molecule has 0 saturated heterocycles. The maximum absolute atomic E-state index is 11.7. The number of hydrogen-bond acceptors (Lipinski definition) is 3. The second-order valence-electron chi connectivity index (χ2n) is 5.62. The van der Waals surface area contributed by atoms with Gasteiger partial charge in [0.25, 0.3) is 0 Å². The molecule has 1 heterocycles. The van der Waals surface area contributed by atoms with Crippen LogP contribution in [0.5, 0.6) is 11.5 Å². The molecule has 1 aromatic carbocycles. The molecule has 1 atom stereocenters. The maximum atomic E-state index is 11.7. The zero-order chi connectivity index (χ0) is 14.5. The molecule has 5 heteroatoms. The molecule has 108 valence electrons. The van der Waals surface area contributed by atoms with E-state index in [1.807, 2.05) is 13.0 Å². The summed E-state index contributed by atoms with van der Waals surface area (Å²) in [6.07, 6.45) is 3.17. The van der Waals surface area contributed by atoms with Gasteiger partial charge in [-0.05, 0) is 31.4 Å². The molecule has 1 fully saturated rings. The van der Waals surface area contributed by atoms with Crippen LogP contribution in [0.1, 0.15) is 37.3 Å². The molecule has 20 heavy (non-hydrogen) atoms. The van der Waals surface area contributed by atoms with Crippen LogP contribution in [0.15, 0.2) is 10.5 Å². The minimum atomic E-state index is -0.771. The Morgan fingerprint density at radius 3 is 2.75 bits per heavy atom. The lowest BCUT2D eigenvalue weighted by atomic mass is 9.64. The van der Waals surface area contributed by atoms with E-state index in [4.69, 9.17) is 9.47 Å². The first kappa shape index (κ1) is 13.7. The van der Waals surface area contributed by atoms with Gasteiger partial charge in [-0.3, -0.25) is 4.79 Å². The summed E-state index contributed by atoms with van der Waals surface area (Å²) >= 11 is 3.60. The summed E-state index contributed by atoms with van der Waals surface area (Å²) in [5.74, 6) is 0.629. The number of hydrogen-bond donors (Lipinski definition) is 1. The summed E-state index contributed by atoms with van der Waals surface area (Å²) in [7, 11) is 1.59. The van der Waals surface area contributed by atoms with Crippen molar-refractivity contribution in [1.82, 2.24) is 0 Å². The highest BCUT2D eigenvalue weighted by Gasteiger charge is 2.48. The Labute approximate surface area is 126 Å². The van der Waals surface area contributed by atoms with Gasteiger partial charge in [0.2, 0.25) is 0 Å².